The molecular weight excluding hydrogens is 222 g/mol. The van der Waals surface area contributed by atoms with Gasteiger partial charge in [-0.15, -0.1) is 0 Å². The van der Waals surface area contributed by atoms with E-state index in [1.165, 1.54) is 6.07 Å². The van der Waals surface area contributed by atoms with Crippen LogP contribution in [-0.2, 0) is 0 Å². The summed E-state index contributed by atoms with van der Waals surface area (Å²) in [6.45, 7) is 3.26. The van der Waals surface area contributed by atoms with Crippen LogP contribution in [0.25, 0.3) is 0 Å². The Labute approximate surface area is 98.3 Å². The second-order valence-corrected chi connectivity index (χ2v) is 4.27. The topological polar surface area (TPSA) is 67.6 Å². The Morgan fingerprint density at radius 2 is 2.41 bits per heavy atom. The lowest BCUT2D eigenvalue weighted by molar-refractivity contribution is -0.384. The van der Waals surface area contributed by atoms with Crippen LogP contribution in [0.5, 0.6) is 5.75 Å². The summed E-state index contributed by atoms with van der Waals surface area (Å²) in [5, 5.41) is 14.1. The van der Waals surface area contributed by atoms with Crippen LogP contribution in [0, 0.1) is 10.1 Å². The average Bonchev–Trinajstić information content (AvgIpc) is 2.38. The SMILES string of the molecule is O=[N+]([O-])c1ccc2c(c1)N1CCNCC1CO2. The number of nitrogens with one attached hydrogen (secondary N) is 1. The molecule has 1 saturated heterocycles. The predicted molar refractivity (Wildman–Crippen MR) is 62.6 cm³/mol. The van der Waals surface area contributed by atoms with E-state index in [0.29, 0.717) is 6.61 Å². The molecule has 1 atom stereocenters. The van der Waals surface area contributed by atoms with Crippen molar-refractivity contribution in [3.8, 4) is 5.75 Å². The first-order chi connectivity index (χ1) is 8.25. The predicted octanol–water partition coefficient (Wildman–Crippen LogP) is 0.765. The van der Waals surface area contributed by atoms with E-state index in [9.17, 15) is 10.1 Å². The van der Waals surface area contributed by atoms with Crippen LogP contribution in [-0.4, -0.2) is 37.2 Å². The number of nitro benzene ring substituents is 1. The van der Waals surface area contributed by atoms with Gasteiger partial charge in [-0.05, 0) is 6.07 Å². The quantitative estimate of drug-likeness (QED) is 0.575. The first-order valence-corrected chi connectivity index (χ1v) is 5.64. The van der Waals surface area contributed by atoms with Crippen LogP contribution in [0.3, 0.4) is 0 Å². The number of non-ortho nitro benzene ring substituents is 1. The van der Waals surface area contributed by atoms with Gasteiger partial charge in [-0.3, -0.25) is 10.1 Å². The van der Waals surface area contributed by atoms with Gasteiger partial charge in [0.1, 0.15) is 12.4 Å². The van der Waals surface area contributed by atoms with Crippen LogP contribution in [0.4, 0.5) is 11.4 Å². The normalized spacial score (nSPS) is 22.4. The van der Waals surface area contributed by atoms with Crippen molar-refractivity contribution in [2.45, 2.75) is 6.04 Å². The van der Waals surface area contributed by atoms with Crippen molar-refractivity contribution in [3.63, 3.8) is 0 Å². The standard InChI is InChI=1S/C11H13N3O3/c15-14(16)8-1-2-11-10(5-8)13-4-3-12-6-9(13)7-17-11/h1-2,5,9,12H,3-4,6-7H2. The van der Waals surface area contributed by atoms with E-state index >= 15 is 0 Å². The molecule has 2 aliphatic rings. The molecule has 2 aliphatic heterocycles. The van der Waals surface area contributed by atoms with Crippen molar-refractivity contribution in [2.24, 2.45) is 0 Å². The molecule has 0 spiro atoms. The number of hydrogen-bond acceptors (Lipinski definition) is 5. The second kappa shape index (κ2) is 3.89. The average molecular weight is 235 g/mol. The molecule has 0 bridgehead atoms. The van der Waals surface area contributed by atoms with Gasteiger partial charge in [-0.25, -0.2) is 0 Å². The number of nitro groups is 1. The largest absolute Gasteiger partial charge is 0.489 e. The summed E-state index contributed by atoms with van der Waals surface area (Å²) >= 11 is 0. The van der Waals surface area contributed by atoms with Crippen molar-refractivity contribution in [3.05, 3.63) is 28.3 Å². The fourth-order valence-electron chi connectivity index (χ4n) is 2.38. The van der Waals surface area contributed by atoms with Gasteiger partial charge in [-0.2, -0.15) is 0 Å². The van der Waals surface area contributed by atoms with Gasteiger partial charge in [0.2, 0.25) is 0 Å². The fourth-order valence-corrected chi connectivity index (χ4v) is 2.38. The maximum Gasteiger partial charge on any atom is 0.271 e. The minimum atomic E-state index is -0.369. The van der Waals surface area contributed by atoms with Crippen LogP contribution >= 0.6 is 0 Å². The molecule has 6 heteroatoms. The summed E-state index contributed by atoms with van der Waals surface area (Å²) in [5.74, 6) is 0.744. The first kappa shape index (κ1) is 10.3. The molecule has 0 amide bonds. The molecule has 90 valence electrons. The molecule has 6 nitrogen and oxygen atoms in total. The summed E-state index contributed by atoms with van der Waals surface area (Å²) in [6.07, 6.45) is 0. The molecule has 1 aromatic rings. The van der Waals surface area contributed by atoms with E-state index in [2.05, 4.69) is 10.2 Å². The fraction of sp³-hybridized carbons (Fsp3) is 0.455. The number of fused-ring (bicyclic) bond motifs is 3. The highest BCUT2D eigenvalue weighted by atomic mass is 16.6. The summed E-state index contributed by atoms with van der Waals surface area (Å²) in [7, 11) is 0. The van der Waals surface area contributed by atoms with Crippen LogP contribution in [0.2, 0.25) is 0 Å². The minimum Gasteiger partial charge on any atom is -0.489 e. The molecule has 0 aliphatic carbocycles. The Morgan fingerprint density at radius 3 is 3.24 bits per heavy atom. The molecule has 1 unspecified atom stereocenters. The third-order valence-electron chi connectivity index (χ3n) is 3.24. The highest BCUT2D eigenvalue weighted by Gasteiger charge is 2.30. The number of nitrogens with zero attached hydrogens (tertiary/aromatic N) is 2. The van der Waals surface area contributed by atoms with Gasteiger partial charge in [0.05, 0.1) is 16.7 Å². The van der Waals surface area contributed by atoms with Gasteiger partial charge < -0.3 is 15.0 Å². The van der Waals surface area contributed by atoms with E-state index in [1.54, 1.807) is 12.1 Å². The van der Waals surface area contributed by atoms with Gasteiger partial charge in [0, 0.05) is 31.8 Å². The van der Waals surface area contributed by atoms with Crippen molar-refractivity contribution in [1.82, 2.24) is 5.32 Å². The van der Waals surface area contributed by atoms with Crippen molar-refractivity contribution in [1.29, 1.82) is 0 Å². The Morgan fingerprint density at radius 1 is 1.53 bits per heavy atom. The van der Waals surface area contributed by atoms with Crippen LogP contribution in [0.1, 0.15) is 0 Å². The lowest BCUT2D eigenvalue weighted by Gasteiger charge is -2.41. The highest BCUT2D eigenvalue weighted by Crippen LogP contribution is 2.36. The molecule has 0 aromatic heterocycles. The third-order valence-corrected chi connectivity index (χ3v) is 3.24. The molecule has 0 radical (unpaired) electrons. The zero-order valence-corrected chi connectivity index (χ0v) is 9.26. The molecule has 3 rings (SSSR count). The second-order valence-electron chi connectivity index (χ2n) is 4.27. The zero-order valence-electron chi connectivity index (χ0n) is 9.26. The monoisotopic (exact) mass is 235 g/mol. The van der Waals surface area contributed by atoms with E-state index in [0.717, 1.165) is 31.1 Å². The zero-order chi connectivity index (χ0) is 11.8. The maximum atomic E-state index is 10.8. The Bertz CT molecular complexity index is 463. The molecular formula is C11H13N3O3. The smallest absolute Gasteiger partial charge is 0.271 e. The lowest BCUT2D eigenvalue weighted by atomic mass is 10.1. The Balaban J connectivity index is 2.01. The number of ether oxygens (including phenoxy) is 1. The molecule has 2 heterocycles. The van der Waals surface area contributed by atoms with Gasteiger partial charge in [-0.1, -0.05) is 0 Å². The van der Waals surface area contributed by atoms with E-state index < -0.39 is 0 Å². The molecule has 0 saturated carbocycles. The van der Waals surface area contributed by atoms with E-state index in [-0.39, 0.29) is 16.7 Å². The molecule has 1 aromatic carbocycles. The van der Waals surface area contributed by atoms with Gasteiger partial charge >= 0.3 is 0 Å². The number of rotatable bonds is 1. The Kier molecular flexibility index (Phi) is 2.36. The highest BCUT2D eigenvalue weighted by molar-refractivity contribution is 5.65. The van der Waals surface area contributed by atoms with Gasteiger partial charge in [0.25, 0.3) is 5.69 Å². The maximum absolute atomic E-state index is 10.8. The first-order valence-electron chi connectivity index (χ1n) is 5.64. The van der Waals surface area contributed by atoms with Crippen molar-refractivity contribution < 1.29 is 9.66 Å². The van der Waals surface area contributed by atoms with E-state index in [1.807, 2.05) is 0 Å². The lowest BCUT2D eigenvalue weighted by Crippen LogP contribution is -2.55. The van der Waals surface area contributed by atoms with Crippen LogP contribution < -0.4 is 15.0 Å². The summed E-state index contributed by atoms with van der Waals surface area (Å²) in [4.78, 5) is 12.6. The third kappa shape index (κ3) is 1.70. The summed E-state index contributed by atoms with van der Waals surface area (Å²) < 4.78 is 5.62. The molecule has 1 N–H and O–H groups in total. The minimum absolute atomic E-state index is 0.117. The number of piperazine rings is 1. The summed E-state index contributed by atoms with van der Waals surface area (Å²) in [5.41, 5.74) is 0.962. The number of benzene rings is 1. The van der Waals surface area contributed by atoms with Crippen molar-refractivity contribution >= 4 is 11.4 Å². The van der Waals surface area contributed by atoms with Crippen molar-refractivity contribution in [2.75, 3.05) is 31.1 Å². The van der Waals surface area contributed by atoms with E-state index in [4.69, 9.17) is 4.74 Å². The summed E-state index contributed by atoms with van der Waals surface area (Å²) in [6, 6.07) is 5.05. The molecule has 1 fully saturated rings. The number of hydrogen-bond donors (Lipinski definition) is 1. The Hall–Kier alpha value is -1.82. The van der Waals surface area contributed by atoms with Crippen LogP contribution in [0.15, 0.2) is 18.2 Å². The molecule has 17 heavy (non-hydrogen) atoms. The number of anilines is 1. The van der Waals surface area contributed by atoms with Gasteiger partial charge in [0.15, 0.2) is 0 Å².